The molecule has 0 saturated heterocycles. The number of benzene rings is 1. The normalized spacial score (nSPS) is 14.8. The minimum atomic E-state index is -0.314. The Bertz CT molecular complexity index is 823. The zero-order valence-corrected chi connectivity index (χ0v) is 14.5. The van der Waals surface area contributed by atoms with Crippen molar-refractivity contribution in [2.24, 2.45) is 0 Å². The standard InChI is InChI=1S/C18H19N3O2S/c1-4-14(22)19-12-7-5-6-11(10-12)16(23)21-17-20-15-13(24-17)8-9-18(15,2)3/h4-7,10H,1,8-9H2,2-3H3,(H,19,22)(H,20,21,23). The molecule has 0 unspecified atom stereocenters. The molecule has 0 aliphatic heterocycles. The van der Waals surface area contributed by atoms with Crippen molar-refractivity contribution in [1.82, 2.24) is 4.98 Å². The molecule has 5 nitrogen and oxygen atoms in total. The van der Waals surface area contributed by atoms with Crippen molar-refractivity contribution in [1.29, 1.82) is 0 Å². The second-order valence-corrected chi connectivity index (χ2v) is 7.49. The molecule has 0 fully saturated rings. The van der Waals surface area contributed by atoms with E-state index in [1.807, 2.05) is 0 Å². The highest BCUT2D eigenvalue weighted by atomic mass is 32.1. The summed E-state index contributed by atoms with van der Waals surface area (Å²) in [6, 6.07) is 6.77. The maximum absolute atomic E-state index is 12.4. The lowest BCUT2D eigenvalue weighted by Gasteiger charge is -2.15. The number of nitrogens with zero attached hydrogens (tertiary/aromatic N) is 1. The van der Waals surface area contributed by atoms with Gasteiger partial charge in [-0.15, -0.1) is 11.3 Å². The largest absolute Gasteiger partial charge is 0.323 e. The number of thiazole rings is 1. The first-order chi connectivity index (χ1) is 11.4. The predicted octanol–water partition coefficient (Wildman–Crippen LogP) is 3.74. The Morgan fingerprint density at radius 1 is 1.33 bits per heavy atom. The zero-order valence-electron chi connectivity index (χ0n) is 13.7. The van der Waals surface area contributed by atoms with Crippen molar-refractivity contribution in [2.45, 2.75) is 32.1 Å². The fourth-order valence-corrected chi connectivity index (χ4v) is 3.89. The van der Waals surface area contributed by atoms with Gasteiger partial charge in [0, 0.05) is 21.5 Å². The van der Waals surface area contributed by atoms with Gasteiger partial charge in [0.15, 0.2) is 5.13 Å². The maximum atomic E-state index is 12.4. The number of hydrogen-bond donors (Lipinski definition) is 2. The quantitative estimate of drug-likeness (QED) is 0.832. The molecule has 2 aromatic rings. The van der Waals surface area contributed by atoms with Gasteiger partial charge < -0.3 is 5.32 Å². The van der Waals surface area contributed by atoms with Gasteiger partial charge >= 0.3 is 0 Å². The Balaban J connectivity index is 1.75. The molecule has 2 N–H and O–H groups in total. The van der Waals surface area contributed by atoms with Crippen LogP contribution in [0.25, 0.3) is 0 Å². The summed E-state index contributed by atoms with van der Waals surface area (Å²) in [7, 11) is 0. The molecule has 1 aromatic carbocycles. The van der Waals surface area contributed by atoms with Crippen LogP contribution in [0.2, 0.25) is 0 Å². The van der Waals surface area contributed by atoms with E-state index in [-0.39, 0.29) is 17.2 Å². The van der Waals surface area contributed by atoms with Gasteiger partial charge in [-0.3, -0.25) is 14.9 Å². The lowest BCUT2D eigenvalue weighted by atomic mass is 9.91. The molecule has 0 saturated carbocycles. The molecule has 1 heterocycles. The van der Waals surface area contributed by atoms with Gasteiger partial charge in [-0.05, 0) is 37.1 Å². The number of carbonyl (C=O) groups is 2. The number of aromatic nitrogens is 1. The van der Waals surface area contributed by atoms with Gasteiger partial charge in [-0.1, -0.05) is 26.5 Å². The molecule has 1 aliphatic carbocycles. The van der Waals surface area contributed by atoms with Crippen LogP contribution in [0, 0.1) is 0 Å². The SMILES string of the molecule is C=CC(=O)Nc1cccc(C(=O)Nc2nc3c(s2)CCC3(C)C)c1. The van der Waals surface area contributed by atoms with Crippen molar-refractivity contribution in [3.05, 3.63) is 53.1 Å². The first kappa shape index (κ1) is 16.4. The van der Waals surface area contributed by atoms with Gasteiger partial charge in [0.2, 0.25) is 5.91 Å². The van der Waals surface area contributed by atoms with Crippen molar-refractivity contribution in [3.63, 3.8) is 0 Å². The topological polar surface area (TPSA) is 71.1 Å². The molecule has 0 spiro atoms. The lowest BCUT2D eigenvalue weighted by molar-refractivity contribution is -0.111. The minimum Gasteiger partial charge on any atom is -0.323 e. The van der Waals surface area contributed by atoms with Gasteiger partial charge in [-0.25, -0.2) is 4.98 Å². The first-order valence-corrected chi connectivity index (χ1v) is 8.56. The number of carbonyl (C=O) groups excluding carboxylic acids is 2. The molecule has 3 rings (SSSR count). The number of amides is 2. The Hall–Kier alpha value is -2.47. The van der Waals surface area contributed by atoms with E-state index in [0.29, 0.717) is 16.4 Å². The molecule has 24 heavy (non-hydrogen) atoms. The Labute approximate surface area is 144 Å². The maximum Gasteiger partial charge on any atom is 0.257 e. The van der Waals surface area contributed by atoms with E-state index in [2.05, 4.69) is 36.0 Å². The van der Waals surface area contributed by atoms with E-state index >= 15 is 0 Å². The van der Waals surface area contributed by atoms with Crippen LogP contribution < -0.4 is 10.6 Å². The molecule has 0 radical (unpaired) electrons. The molecule has 6 heteroatoms. The third kappa shape index (κ3) is 3.23. The summed E-state index contributed by atoms with van der Waals surface area (Å²) in [5, 5.41) is 6.12. The van der Waals surface area contributed by atoms with E-state index < -0.39 is 0 Å². The van der Waals surface area contributed by atoms with E-state index in [4.69, 9.17) is 0 Å². The lowest BCUT2D eigenvalue weighted by Crippen LogP contribution is -2.15. The summed E-state index contributed by atoms with van der Waals surface area (Å²) in [6.45, 7) is 7.76. The predicted molar refractivity (Wildman–Crippen MR) is 96.7 cm³/mol. The van der Waals surface area contributed by atoms with Crippen LogP contribution in [0.4, 0.5) is 10.8 Å². The van der Waals surface area contributed by atoms with Crippen LogP contribution >= 0.6 is 11.3 Å². The average Bonchev–Trinajstić information content (AvgIpc) is 3.08. The molecule has 1 aliphatic rings. The van der Waals surface area contributed by atoms with Crippen LogP contribution in [-0.2, 0) is 16.6 Å². The summed E-state index contributed by atoms with van der Waals surface area (Å²) in [5.41, 5.74) is 2.18. The summed E-state index contributed by atoms with van der Waals surface area (Å²) >= 11 is 1.54. The third-order valence-corrected chi connectivity index (χ3v) is 5.14. The Morgan fingerprint density at radius 2 is 2.12 bits per heavy atom. The highest BCUT2D eigenvalue weighted by Gasteiger charge is 2.33. The van der Waals surface area contributed by atoms with E-state index in [1.54, 1.807) is 24.3 Å². The fraction of sp³-hybridized carbons (Fsp3) is 0.278. The zero-order chi connectivity index (χ0) is 17.3. The molecule has 0 atom stereocenters. The van der Waals surface area contributed by atoms with Crippen LogP contribution in [0.5, 0.6) is 0 Å². The molecule has 2 amide bonds. The number of nitrogens with one attached hydrogen (secondary N) is 2. The number of aryl methyl sites for hydroxylation is 1. The number of rotatable bonds is 4. The first-order valence-electron chi connectivity index (χ1n) is 7.74. The monoisotopic (exact) mass is 341 g/mol. The fourth-order valence-electron chi connectivity index (χ4n) is 2.75. The average molecular weight is 341 g/mol. The minimum absolute atomic E-state index is 0.0731. The van der Waals surface area contributed by atoms with Gasteiger partial charge in [0.25, 0.3) is 5.91 Å². The van der Waals surface area contributed by atoms with Gasteiger partial charge in [0.1, 0.15) is 0 Å². The van der Waals surface area contributed by atoms with Crippen LogP contribution in [-0.4, -0.2) is 16.8 Å². The van der Waals surface area contributed by atoms with Crippen molar-refractivity contribution in [3.8, 4) is 0 Å². The third-order valence-electron chi connectivity index (χ3n) is 4.11. The van der Waals surface area contributed by atoms with Gasteiger partial charge in [0.05, 0.1) is 5.69 Å². The highest BCUT2D eigenvalue weighted by molar-refractivity contribution is 7.16. The Morgan fingerprint density at radius 3 is 2.83 bits per heavy atom. The summed E-state index contributed by atoms with van der Waals surface area (Å²) in [6.07, 6.45) is 3.30. The summed E-state index contributed by atoms with van der Waals surface area (Å²) in [4.78, 5) is 29.6. The molecule has 0 bridgehead atoms. The summed E-state index contributed by atoms with van der Waals surface area (Å²) < 4.78 is 0. The van der Waals surface area contributed by atoms with E-state index in [1.165, 1.54) is 22.3 Å². The van der Waals surface area contributed by atoms with Crippen molar-refractivity contribution in [2.75, 3.05) is 10.6 Å². The van der Waals surface area contributed by atoms with Gasteiger partial charge in [-0.2, -0.15) is 0 Å². The summed E-state index contributed by atoms with van der Waals surface area (Å²) in [5.74, 6) is -0.555. The molecule has 1 aromatic heterocycles. The molecular formula is C18H19N3O2S. The van der Waals surface area contributed by atoms with E-state index in [9.17, 15) is 9.59 Å². The second kappa shape index (κ2) is 6.20. The van der Waals surface area contributed by atoms with Crippen molar-refractivity contribution < 1.29 is 9.59 Å². The number of anilines is 2. The Kier molecular flexibility index (Phi) is 4.24. The smallest absolute Gasteiger partial charge is 0.257 e. The number of hydrogen-bond acceptors (Lipinski definition) is 4. The second-order valence-electron chi connectivity index (χ2n) is 6.40. The molecule has 124 valence electrons. The number of fused-ring (bicyclic) bond motifs is 1. The van der Waals surface area contributed by atoms with Crippen LogP contribution in [0.15, 0.2) is 36.9 Å². The van der Waals surface area contributed by atoms with Crippen LogP contribution in [0.1, 0.15) is 41.2 Å². The molecular weight excluding hydrogens is 322 g/mol. The van der Waals surface area contributed by atoms with Crippen molar-refractivity contribution >= 4 is 34.0 Å². The van der Waals surface area contributed by atoms with E-state index in [0.717, 1.165) is 18.5 Å². The highest BCUT2D eigenvalue weighted by Crippen LogP contribution is 2.42. The van der Waals surface area contributed by atoms with Crippen LogP contribution in [0.3, 0.4) is 0 Å².